The zero-order valence-corrected chi connectivity index (χ0v) is 16.4. The minimum atomic E-state index is 0.586. The third kappa shape index (κ3) is 4.50. The van der Waals surface area contributed by atoms with Gasteiger partial charge in [0.2, 0.25) is 0 Å². The molecule has 0 unspecified atom stereocenters. The van der Waals surface area contributed by atoms with Crippen molar-refractivity contribution in [3.63, 3.8) is 0 Å². The highest BCUT2D eigenvalue weighted by Gasteiger charge is 2.13. The van der Waals surface area contributed by atoms with Gasteiger partial charge in [-0.2, -0.15) is 5.10 Å². The molecule has 1 aromatic carbocycles. The molecule has 0 N–H and O–H groups in total. The Morgan fingerprint density at radius 2 is 2.04 bits per heavy atom. The second-order valence-electron chi connectivity index (χ2n) is 6.25. The molecule has 0 aliphatic heterocycles. The Morgan fingerprint density at radius 1 is 1.26 bits per heavy atom. The zero-order chi connectivity index (χ0) is 19.2. The molecule has 3 aromatic rings. The molecule has 0 atom stereocenters. The van der Waals surface area contributed by atoms with Crippen molar-refractivity contribution in [1.29, 1.82) is 0 Å². The van der Waals surface area contributed by atoms with Crippen LogP contribution in [0.15, 0.2) is 61.4 Å². The number of rotatable bonds is 8. The molecular formula is C20H23N5OS. The molecule has 140 valence electrons. The van der Waals surface area contributed by atoms with Crippen LogP contribution in [0.2, 0.25) is 0 Å². The first-order valence-electron chi connectivity index (χ1n) is 8.62. The first-order valence-corrected chi connectivity index (χ1v) is 9.03. The molecule has 7 heteroatoms. The molecule has 27 heavy (non-hydrogen) atoms. The van der Waals surface area contributed by atoms with Crippen LogP contribution >= 0.6 is 12.2 Å². The van der Waals surface area contributed by atoms with Crippen LogP contribution in [0.3, 0.4) is 0 Å². The van der Waals surface area contributed by atoms with Gasteiger partial charge in [0.1, 0.15) is 5.75 Å². The largest absolute Gasteiger partial charge is 0.497 e. The molecule has 6 nitrogen and oxygen atoms in total. The zero-order valence-electron chi connectivity index (χ0n) is 15.6. The van der Waals surface area contributed by atoms with Gasteiger partial charge in [-0.15, -0.1) is 6.58 Å². The van der Waals surface area contributed by atoms with Crippen molar-refractivity contribution in [2.75, 3.05) is 14.2 Å². The van der Waals surface area contributed by atoms with Crippen molar-refractivity contribution < 1.29 is 4.74 Å². The molecule has 0 aliphatic rings. The average molecular weight is 382 g/mol. The smallest absolute Gasteiger partial charge is 0.199 e. The van der Waals surface area contributed by atoms with E-state index in [9.17, 15) is 0 Å². The number of allylic oxidation sites excluding steroid dienone is 1. The van der Waals surface area contributed by atoms with Crippen LogP contribution in [-0.4, -0.2) is 38.4 Å². The van der Waals surface area contributed by atoms with Gasteiger partial charge in [-0.05, 0) is 49.1 Å². The van der Waals surface area contributed by atoms with Crippen LogP contribution in [-0.2, 0) is 19.8 Å². The fraction of sp³-hybridized carbons (Fsp3) is 0.250. The molecule has 2 heterocycles. The number of aromatic nitrogens is 4. The second kappa shape index (κ2) is 8.75. The molecule has 0 aliphatic carbocycles. The summed E-state index contributed by atoms with van der Waals surface area (Å²) >= 11 is 5.65. The molecule has 3 rings (SSSR count). The first-order chi connectivity index (χ1) is 13.1. The normalized spacial score (nSPS) is 10.9. The number of hydrogen-bond donors (Lipinski definition) is 0. The van der Waals surface area contributed by atoms with Crippen LogP contribution in [0.1, 0.15) is 5.56 Å². The Balaban J connectivity index is 1.81. The van der Waals surface area contributed by atoms with E-state index < -0.39 is 0 Å². The van der Waals surface area contributed by atoms with Crippen molar-refractivity contribution in [1.82, 2.24) is 24.2 Å². The van der Waals surface area contributed by atoms with Gasteiger partial charge in [0.15, 0.2) is 10.6 Å². The lowest BCUT2D eigenvalue weighted by atomic mass is 10.2. The van der Waals surface area contributed by atoms with Crippen molar-refractivity contribution in [2.45, 2.75) is 19.8 Å². The Morgan fingerprint density at radius 3 is 2.67 bits per heavy atom. The van der Waals surface area contributed by atoms with E-state index in [1.165, 1.54) is 5.56 Å². The monoisotopic (exact) mass is 381 g/mol. The predicted octanol–water partition coefficient (Wildman–Crippen LogP) is 3.76. The molecule has 2 aromatic heterocycles. The van der Waals surface area contributed by atoms with Gasteiger partial charge in [-0.25, -0.2) is 4.68 Å². The lowest BCUT2D eigenvalue weighted by Crippen LogP contribution is -2.22. The highest BCUT2D eigenvalue weighted by molar-refractivity contribution is 7.71. The quantitative estimate of drug-likeness (QED) is 0.439. The third-order valence-electron chi connectivity index (χ3n) is 4.14. The number of benzene rings is 1. The molecule has 0 spiro atoms. The van der Waals surface area contributed by atoms with Crippen molar-refractivity contribution in [3.05, 3.63) is 71.8 Å². The standard InChI is InChI=1S/C20H23N5OS/c1-4-12-24-19(17-6-5-11-21-13-17)22-25(20(24)27)15-23(2)14-16-7-9-18(26-3)10-8-16/h4-11,13H,1,12,14-15H2,2-3H3. The molecule has 0 radical (unpaired) electrons. The van der Waals surface area contributed by atoms with E-state index in [0.29, 0.717) is 18.0 Å². The minimum absolute atomic E-state index is 0.586. The highest BCUT2D eigenvalue weighted by Crippen LogP contribution is 2.18. The summed E-state index contributed by atoms with van der Waals surface area (Å²) < 4.78 is 9.68. The number of pyridine rings is 1. The summed E-state index contributed by atoms with van der Waals surface area (Å²) in [4.78, 5) is 6.35. The summed E-state index contributed by atoms with van der Waals surface area (Å²) in [5, 5.41) is 4.73. The van der Waals surface area contributed by atoms with Gasteiger partial charge < -0.3 is 4.74 Å². The predicted molar refractivity (Wildman–Crippen MR) is 109 cm³/mol. The van der Waals surface area contributed by atoms with E-state index in [1.54, 1.807) is 19.5 Å². The molecule has 0 saturated heterocycles. The Bertz CT molecular complexity index is 947. The first kappa shape index (κ1) is 19.0. The number of methoxy groups -OCH3 is 1. The molecule has 0 amide bonds. The van der Waals surface area contributed by atoms with E-state index in [2.05, 4.69) is 28.6 Å². The van der Waals surface area contributed by atoms with Crippen LogP contribution in [0, 0.1) is 4.77 Å². The lowest BCUT2D eigenvalue weighted by molar-refractivity contribution is 0.244. The Kier molecular flexibility index (Phi) is 6.16. The highest BCUT2D eigenvalue weighted by atomic mass is 32.1. The van der Waals surface area contributed by atoms with Gasteiger partial charge >= 0.3 is 0 Å². The maximum absolute atomic E-state index is 5.65. The summed E-state index contributed by atoms with van der Waals surface area (Å²) in [6.45, 7) is 5.80. The summed E-state index contributed by atoms with van der Waals surface area (Å²) in [6, 6.07) is 11.9. The van der Waals surface area contributed by atoms with E-state index in [0.717, 1.165) is 23.7 Å². The fourth-order valence-electron chi connectivity index (χ4n) is 2.86. The maximum Gasteiger partial charge on any atom is 0.199 e. The van der Waals surface area contributed by atoms with Crippen molar-refractivity contribution in [2.24, 2.45) is 0 Å². The van der Waals surface area contributed by atoms with Crippen LogP contribution in [0.4, 0.5) is 0 Å². The maximum atomic E-state index is 5.65. The molecule has 0 saturated carbocycles. The number of nitrogens with zero attached hydrogens (tertiary/aromatic N) is 5. The van der Waals surface area contributed by atoms with Crippen molar-refractivity contribution in [3.8, 4) is 17.1 Å². The minimum Gasteiger partial charge on any atom is -0.497 e. The van der Waals surface area contributed by atoms with E-state index in [4.69, 9.17) is 22.1 Å². The molecule has 0 bridgehead atoms. The SMILES string of the molecule is C=CCn1c(-c2cccnc2)nn(CN(C)Cc2ccc(OC)cc2)c1=S. The number of hydrogen-bond acceptors (Lipinski definition) is 5. The molecular weight excluding hydrogens is 358 g/mol. The average Bonchev–Trinajstić information content (AvgIpc) is 2.99. The van der Waals surface area contributed by atoms with Gasteiger partial charge in [0.05, 0.1) is 13.8 Å². The van der Waals surface area contributed by atoms with Crippen LogP contribution in [0.5, 0.6) is 5.75 Å². The summed E-state index contributed by atoms with van der Waals surface area (Å²) in [6.07, 6.45) is 5.36. The second-order valence-corrected chi connectivity index (χ2v) is 6.62. The van der Waals surface area contributed by atoms with E-state index in [-0.39, 0.29) is 0 Å². The van der Waals surface area contributed by atoms with E-state index in [1.807, 2.05) is 46.6 Å². The lowest BCUT2D eigenvalue weighted by Gasteiger charge is -2.16. The topological polar surface area (TPSA) is 48.1 Å². The molecule has 0 fully saturated rings. The van der Waals surface area contributed by atoms with Gasteiger partial charge in [0.25, 0.3) is 0 Å². The Hall–Kier alpha value is -2.77. The van der Waals surface area contributed by atoms with Crippen LogP contribution in [0.25, 0.3) is 11.4 Å². The van der Waals surface area contributed by atoms with Crippen molar-refractivity contribution >= 4 is 12.2 Å². The van der Waals surface area contributed by atoms with E-state index >= 15 is 0 Å². The third-order valence-corrected chi connectivity index (χ3v) is 4.57. The van der Waals surface area contributed by atoms with Gasteiger partial charge in [-0.1, -0.05) is 18.2 Å². The fourth-order valence-corrected chi connectivity index (χ4v) is 3.12. The van der Waals surface area contributed by atoms with Gasteiger partial charge in [-0.3, -0.25) is 14.5 Å². The Labute approximate surface area is 164 Å². The van der Waals surface area contributed by atoms with Gasteiger partial charge in [0, 0.05) is 31.0 Å². The number of ether oxygens (including phenoxy) is 1. The summed E-state index contributed by atoms with van der Waals surface area (Å²) in [7, 11) is 3.71. The summed E-state index contributed by atoms with van der Waals surface area (Å²) in [5.41, 5.74) is 2.13. The van der Waals surface area contributed by atoms with Crippen LogP contribution < -0.4 is 4.74 Å². The summed E-state index contributed by atoms with van der Waals surface area (Å²) in [5.74, 6) is 1.65.